The Morgan fingerprint density at radius 3 is 2.71 bits per heavy atom. The summed E-state index contributed by atoms with van der Waals surface area (Å²) in [5, 5.41) is 3.12. The number of imidazole rings is 1. The van der Waals surface area contributed by atoms with Crippen molar-refractivity contribution in [3.05, 3.63) is 48.2 Å². The van der Waals surface area contributed by atoms with Crippen LogP contribution in [0.4, 0.5) is 10.2 Å². The van der Waals surface area contributed by atoms with E-state index in [2.05, 4.69) is 15.3 Å². The van der Waals surface area contributed by atoms with E-state index in [9.17, 15) is 4.39 Å². The Hall–Kier alpha value is -1.84. The van der Waals surface area contributed by atoms with Gasteiger partial charge in [-0.1, -0.05) is 12.1 Å². The predicted molar refractivity (Wildman–Crippen MR) is 52.3 cm³/mol. The van der Waals surface area contributed by atoms with Gasteiger partial charge in [-0.15, -0.1) is 0 Å². The summed E-state index contributed by atoms with van der Waals surface area (Å²) in [7, 11) is 0. The second kappa shape index (κ2) is 3.91. The molecule has 72 valence electrons. The van der Waals surface area contributed by atoms with Gasteiger partial charge in [-0.3, -0.25) is 0 Å². The van der Waals surface area contributed by atoms with Crippen LogP contribution < -0.4 is 5.32 Å². The molecule has 1 heterocycles. The summed E-state index contributed by atoms with van der Waals surface area (Å²) < 4.78 is 12.6. The molecule has 3 nitrogen and oxygen atoms in total. The van der Waals surface area contributed by atoms with Gasteiger partial charge in [0.15, 0.2) is 0 Å². The van der Waals surface area contributed by atoms with Gasteiger partial charge >= 0.3 is 0 Å². The van der Waals surface area contributed by atoms with Crippen molar-refractivity contribution in [3.63, 3.8) is 0 Å². The van der Waals surface area contributed by atoms with E-state index in [1.807, 2.05) is 0 Å². The first-order chi connectivity index (χ1) is 6.84. The summed E-state index contributed by atoms with van der Waals surface area (Å²) in [5.74, 6) is 0.643. The zero-order chi connectivity index (χ0) is 9.80. The Bertz CT molecular complexity index is 380. The number of aromatic nitrogens is 2. The average Bonchev–Trinajstić information content (AvgIpc) is 2.70. The van der Waals surface area contributed by atoms with Crippen LogP contribution in [0.2, 0.25) is 0 Å². The van der Waals surface area contributed by atoms with Crippen LogP contribution in [0.3, 0.4) is 0 Å². The Kier molecular flexibility index (Phi) is 2.44. The summed E-state index contributed by atoms with van der Waals surface area (Å²) in [6.07, 6.45) is 3.30. The second-order valence-electron chi connectivity index (χ2n) is 2.95. The lowest BCUT2D eigenvalue weighted by Crippen LogP contribution is -1.99. The Morgan fingerprint density at radius 1 is 1.29 bits per heavy atom. The van der Waals surface area contributed by atoms with Gasteiger partial charge in [-0.25, -0.2) is 9.37 Å². The van der Waals surface area contributed by atoms with Gasteiger partial charge in [-0.05, 0) is 17.7 Å². The van der Waals surface area contributed by atoms with Crippen LogP contribution >= 0.6 is 0 Å². The van der Waals surface area contributed by atoms with Crippen molar-refractivity contribution < 1.29 is 4.39 Å². The minimum absolute atomic E-state index is 0.213. The van der Waals surface area contributed by atoms with Crippen LogP contribution in [-0.2, 0) is 6.54 Å². The summed E-state index contributed by atoms with van der Waals surface area (Å²) in [6.45, 7) is 0.655. The molecule has 0 bridgehead atoms. The quantitative estimate of drug-likeness (QED) is 0.780. The van der Waals surface area contributed by atoms with Gasteiger partial charge in [0.05, 0.1) is 12.5 Å². The maximum Gasteiger partial charge on any atom is 0.123 e. The van der Waals surface area contributed by atoms with Crippen LogP contribution in [0.15, 0.2) is 36.8 Å². The van der Waals surface area contributed by atoms with Crippen molar-refractivity contribution in [2.45, 2.75) is 6.54 Å². The van der Waals surface area contributed by atoms with Crippen molar-refractivity contribution in [1.29, 1.82) is 0 Å². The Labute approximate surface area is 81.0 Å². The molecule has 14 heavy (non-hydrogen) atoms. The predicted octanol–water partition coefficient (Wildman–Crippen LogP) is 2.16. The summed E-state index contributed by atoms with van der Waals surface area (Å²) >= 11 is 0. The van der Waals surface area contributed by atoms with Gasteiger partial charge in [-0.2, -0.15) is 0 Å². The molecule has 2 aromatic rings. The third-order valence-corrected chi connectivity index (χ3v) is 1.89. The van der Waals surface area contributed by atoms with Gasteiger partial charge in [0.2, 0.25) is 0 Å². The molecule has 0 atom stereocenters. The van der Waals surface area contributed by atoms with Gasteiger partial charge < -0.3 is 10.3 Å². The molecule has 0 aliphatic heterocycles. The molecule has 0 amide bonds. The minimum Gasteiger partial charge on any atom is -0.366 e. The Morgan fingerprint density at radius 2 is 2.07 bits per heavy atom. The lowest BCUT2D eigenvalue weighted by Gasteiger charge is -2.02. The van der Waals surface area contributed by atoms with Crippen molar-refractivity contribution in [2.75, 3.05) is 5.32 Å². The molecule has 0 aliphatic carbocycles. The van der Waals surface area contributed by atoms with E-state index in [0.29, 0.717) is 6.54 Å². The lowest BCUT2D eigenvalue weighted by molar-refractivity contribution is 0.627. The fraction of sp³-hybridized carbons (Fsp3) is 0.100. The fourth-order valence-electron chi connectivity index (χ4n) is 1.15. The van der Waals surface area contributed by atoms with Crippen LogP contribution in [0.1, 0.15) is 5.56 Å². The normalized spacial score (nSPS) is 10.1. The summed E-state index contributed by atoms with van der Waals surface area (Å²) in [4.78, 5) is 6.79. The number of aromatic amines is 1. The van der Waals surface area contributed by atoms with Crippen molar-refractivity contribution in [3.8, 4) is 0 Å². The number of rotatable bonds is 3. The zero-order valence-corrected chi connectivity index (χ0v) is 7.50. The van der Waals surface area contributed by atoms with E-state index >= 15 is 0 Å². The lowest BCUT2D eigenvalue weighted by atomic mass is 10.2. The molecule has 0 radical (unpaired) electrons. The molecule has 2 N–H and O–H groups in total. The molecular formula is C10H10FN3. The molecule has 1 aromatic carbocycles. The SMILES string of the molecule is Fc1ccc(CNc2cnc[nH]2)cc1. The molecule has 0 fully saturated rings. The van der Waals surface area contributed by atoms with E-state index in [1.165, 1.54) is 12.1 Å². The Balaban J connectivity index is 1.95. The number of anilines is 1. The van der Waals surface area contributed by atoms with Gasteiger partial charge in [0.25, 0.3) is 0 Å². The van der Waals surface area contributed by atoms with E-state index in [-0.39, 0.29) is 5.82 Å². The highest BCUT2D eigenvalue weighted by Gasteiger charge is 1.94. The van der Waals surface area contributed by atoms with Crippen LogP contribution in [-0.4, -0.2) is 9.97 Å². The summed E-state index contributed by atoms with van der Waals surface area (Å²) in [5.41, 5.74) is 1.03. The molecule has 4 heteroatoms. The number of benzene rings is 1. The third-order valence-electron chi connectivity index (χ3n) is 1.89. The molecular weight excluding hydrogens is 181 g/mol. The maximum absolute atomic E-state index is 12.6. The number of hydrogen-bond donors (Lipinski definition) is 2. The molecule has 0 aliphatic rings. The minimum atomic E-state index is -0.213. The third kappa shape index (κ3) is 2.10. The van der Waals surface area contributed by atoms with Crippen LogP contribution in [0.5, 0.6) is 0 Å². The van der Waals surface area contributed by atoms with Crippen molar-refractivity contribution in [2.24, 2.45) is 0 Å². The first-order valence-corrected chi connectivity index (χ1v) is 4.31. The molecule has 1 aromatic heterocycles. The van der Waals surface area contributed by atoms with Crippen LogP contribution in [0.25, 0.3) is 0 Å². The average molecular weight is 191 g/mol. The highest BCUT2D eigenvalue weighted by molar-refractivity contribution is 5.32. The first-order valence-electron chi connectivity index (χ1n) is 4.31. The number of nitrogens with one attached hydrogen (secondary N) is 2. The molecule has 0 saturated heterocycles. The molecule has 0 unspecified atom stereocenters. The van der Waals surface area contributed by atoms with E-state index in [4.69, 9.17) is 0 Å². The molecule has 0 spiro atoms. The molecule has 0 saturated carbocycles. The smallest absolute Gasteiger partial charge is 0.123 e. The fourth-order valence-corrected chi connectivity index (χ4v) is 1.15. The highest BCUT2D eigenvalue weighted by atomic mass is 19.1. The van der Waals surface area contributed by atoms with E-state index < -0.39 is 0 Å². The topological polar surface area (TPSA) is 40.7 Å². The molecule has 2 rings (SSSR count). The monoisotopic (exact) mass is 191 g/mol. The standard InChI is InChI=1S/C10H10FN3/c11-9-3-1-8(2-4-9)5-13-10-6-12-7-14-10/h1-4,6-7,13H,5H2,(H,12,14). The van der Waals surface area contributed by atoms with Crippen molar-refractivity contribution in [1.82, 2.24) is 9.97 Å². The first kappa shape index (κ1) is 8.74. The number of halogens is 1. The number of H-pyrrole nitrogens is 1. The van der Waals surface area contributed by atoms with Crippen LogP contribution in [0, 0.1) is 5.82 Å². The van der Waals surface area contributed by atoms with Gasteiger partial charge in [0.1, 0.15) is 11.6 Å². The maximum atomic E-state index is 12.6. The zero-order valence-electron chi connectivity index (χ0n) is 7.50. The largest absolute Gasteiger partial charge is 0.366 e. The number of hydrogen-bond acceptors (Lipinski definition) is 2. The second-order valence-corrected chi connectivity index (χ2v) is 2.95. The highest BCUT2D eigenvalue weighted by Crippen LogP contribution is 2.05. The van der Waals surface area contributed by atoms with E-state index in [1.54, 1.807) is 24.7 Å². The van der Waals surface area contributed by atoms with E-state index in [0.717, 1.165) is 11.4 Å². The van der Waals surface area contributed by atoms with Gasteiger partial charge in [0, 0.05) is 6.54 Å². The number of nitrogens with zero attached hydrogens (tertiary/aromatic N) is 1. The summed E-state index contributed by atoms with van der Waals surface area (Å²) in [6, 6.07) is 6.39. The van der Waals surface area contributed by atoms with Crippen molar-refractivity contribution >= 4 is 5.82 Å².